The number of carbonyl (C=O) groups is 1. The van der Waals surface area contributed by atoms with Crippen LogP contribution < -0.4 is 20.3 Å². The topological polar surface area (TPSA) is 71.4 Å². The molecule has 1 saturated heterocycles. The molecule has 7 nitrogen and oxygen atoms in total. The molecule has 2 aromatic rings. The normalized spacial score (nSPS) is 16.9. The van der Waals surface area contributed by atoms with E-state index in [1.54, 1.807) is 24.7 Å². The minimum atomic E-state index is -4.69. The summed E-state index contributed by atoms with van der Waals surface area (Å²) in [4.78, 5) is 18.0. The third kappa shape index (κ3) is 5.54. The van der Waals surface area contributed by atoms with Gasteiger partial charge in [-0.3, -0.25) is 0 Å². The minimum absolute atomic E-state index is 0.237. The molecule has 2 N–H and O–H groups in total. The van der Waals surface area contributed by atoms with Gasteiger partial charge in [-0.2, -0.15) is 0 Å². The first-order valence-electron chi connectivity index (χ1n) is 8.88. The Bertz CT molecular complexity index is 791. The summed E-state index contributed by atoms with van der Waals surface area (Å²) in [5.74, 6) is 0.0345. The van der Waals surface area contributed by atoms with Crippen LogP contribution in [0.3, 0.4) is 0 Å². The van der Waals surface area contributed by atoms with E-state index in [2.05, 4.69) is 25.3 Å². The maximum atomic E-state index is 12.2. The second-order valence-corrected chi connectivity index (χ2v) is 6.70. The predicted octanol–water partition coefficient (Wildman–Crippen LogP) is 2.64. The van der Waals surface area contributed by atoms with Crippen LogP contribution in [0, 0.1) is 5.92 Å². The number of hydrogen-bond acceptors (Lipinski definition) is 4. The number of urea groups is 1. The van der Waals surface area contributed by atoms with Crippen LogP contribution in [0.15, 0.2) is 36.8 Å². The van der Waals surface area contributed by atoms with Crippen LogP contribution in [-0.2, 0) is 13.6 Å². The summed E-state index contributed by atoms with van der Waals surface area (Å²) in [6.07, 6.45) is -0.435. The fourth-order valence-corrected chi connectivity index (χ4v) is 3.12. The zero-order chi connectivity index (χ0) is 20.1. The van der Waals surface area contributed by atoms with Gasteiger partial charge in [0.1, 0.15) is 5.75 Å². The van der Waals surface area contributed by atoms with Crippen molar-refractivity contribution in [1.82, 2.24) is 20.2 Å². The van der Waals surface area contributed by atoms with Crippen molar-refractivity contribution >= 4 is 11.7 Å². The lowest BCUT2D eigenvalue weighted by molar-refractivity contribution is -0.274. The monoisotopic (exact) mass is 397 g/mol. The van der Waals surface area contributed by atoms with Gasteiger partial charge < -0.3 is 24.8 Å². The maximum Gasteiger partial charge on any atom is 0.573 e. The van der Waals surface area contributed by atoms with Gasteiger partial charge in [0.2, 0.25) is 0 Å². The SMILES string of the molecule is Cn1cncc1CNC(=O)NC[C@H]1CCN(c2ccc(OC(F)(F)F)cc2)C1. The van der Waals surface area contributed by atoms with E-state index in [-0.39, 0.29) is 17.7 Å². The molecule has 1 aliphatic rings. The van der Waals surface area contributed by atoms with Crippen molar-refractivity contribution in [3.8, 4) is 5.75 Å². The molecule has 2 heterocycles. The highest BCUT2D eigenvalue weighted by atomic mass is 19.4. The number of hydrogen-bond donors (Lipinski definition) is 2. The number of aryl methyl sites for hydroxylation is 1. The van der Waals surface area contributed by atoms with Gasteiger partial charge in [0.15, 0.2) is 0 Å². The average Bonchev–Trinajstić information content (AvgIpc) is 3.26. The van der Waals surface area contributed by atoms with Gasteiger partial charge in [-0.05, 0) is 36.6 Å². The smallest absolute Gasteiger partial charge is 0.406 e. The molecule has 3 rings (SSSR count). The van der Waals surface area contributed by atoms with Crippen LogP contribution in [0.5, 0.6) is 5.75 Å². The van der Waals surface area contributed by atoms with Gasteiger partial charge in [-0.15, -0.1) is 13.2 Å². The lowest BCUT2D eigenvalue weighted by Gasteiger charge is -2.19. The van der Waals surface area contributed by atoms with Crippen LogP contribution >= 0.6 is 0 Å². The van der Waals surface area contributed by atoms with Gasteiger partial charge >= 0.3 is 12.4 Å². The molecule has 152 valence electrons. The van der Waals surface area contributed by atoms with E-state index < -0.39 is 6.36 Å². The van der Waals surface area contributed by atoms with Gasteiger partial charge in [0, 0.05) is 38.6 Å². The molecule has 28 heavy (non-hydrogen) atoms. The molecule has 0 saturated carbocycles. The largest absolute Gasteiger partial charge is 0.573 e. The predicted molar refractivity (Wildman–Crippen MR) is 96.9 cm³/mol. The number of benzene rings is 1. The molecular formula is C18H22F3N5O2. The number of ether oxygens (including phenoxy) is 1. The summed E-state index contributed by atoms with van der Waals surface area (Å²) in [7, 11) is 1.86. The lowest BCUT2D eigenvalue weighted by atomic mass is 10.1. The highest BCUT2D eigenvalue weighted by Gasteiger charge is 2.31. The van der Waals surface area contributed by atoms with Crippen LogP contribution in [0.25, 0.3) is 0 Å². The molecule has 0 aliphatic carbocycles. The highest BCUT2D eigenvalue weighted by molar-refractivity contribution is 5.73. The molecule has 2 amide bonds. The molecule has 10 heteroatoms. The standard InChI is InChI=1S/C18H22F3N5O2/c1-25-12-22-9-15(25)10-24-17(27)23-8-13-6-7-26(11-13)14-2-4-16(5-3-14)28-18(19,20)21/h2-5,9,12-13H,6-8,10-11H2,1H3,(H2,23,24,27)/t13-/m1/s1. The van der Waals surface area contributed by atoms with Crippen LogP contribution in [0.2, 0.25) is 0 Å². The summed E-state index contributed by atoms with van der Waals surface area (Å²) >= 11 is 0. The quantitative estimate of drug-likeness (QED) is 0.786. The Morgan fingerprint density at radius 2 is 2.04 bits per heavy atom. The van der Waals surface area contributed by atoms with Crippen LogP contribution in [0.1, 0.15) is 12.1 Å². The van der Waals surface area contributed by atoms with Crippen molar-refractivity contribution < 1.29 is 22.7 Å². The Morgan fingerprint density at radius 1 is 1.29 bits per heavy atom. The zero-order valence-corrected chi connectivity index (χ0v) is 15.4. The van der Waals surface area contributed by atoms with E-state index in [0.717, 1.165) is 30.9 Å². The molecule has 1 aromatic heterocycles. The number of anilines is 1. The van der Waals surface area contributed by atoms with E-state index >= 15 is 0 Å². The average molecular weight is 397 g/mol. The Hall–Kier alpha value is -2.91. The van der Waals surface area contributed by atoms with Crippen molar-refractivity contribution in [3.05, 3.63) is 42.5 Å². The highest BCUT2D eigenvalue weighted by Crippen LogP contribution is 2.28. The maximum absolute atomic E-state index is 12.2. The number of aromatic nitrogens is 2. The van der Waals surface area contributed by atoms with Crippen molar-refractivity contribution in [3.63, 3.8) is 0 Å². The minimum Gasteiger partial charge on any atom is -0.406 e. The van der Waals surface area contributed by atoms with Crippen molar-refractivity contribution in [2.75, 3.05) is 24.5 Å². The number of nitrogens with one attached hydrogen (secondary N) is 2. The van der Waals surface area contributed by atoms with Crippen LogP contribution in [0.4, 0.5) is 23.7 Å². The third-order valence-electron chi connectivity index (χ3n) is 4.62. The summed E-state index contributed by atoms with van der Waals surface area (Å²) in [6, 6.07) is 5.59. The fourth-order valence-electron chi connectivity index (χ4n) is 3.12. The van der Waals surface area contributed by atoms with Crippen molar-refractivity contribution in [2.45, 2.75) is 19.3 Å². The molecule has 1 fully saturated rings. The van der Waals surface area contributed by atoms with E-state index in [9.17, 15) is 18.0 Å². The molecule has 0 unspecified atom stereocenters. The molecule has 1 aromatic carbocycles. The molecule has 0 bridgehead atoms. The second-order valence-electron chi connectivity index (χ2n) is 6.70. The lowest BCUT2D eigenvalue weighted by Crippen LogP contribution is -2.38. The second kappa shape index (κ2) is 8.41. The number of amides is 2. The number of imidazole rings is 1. The van der Waals surface area contributed by atoms with E-state index in [0.29, 0.717) is 13.1 Å². The van der Waals surface area contributed by atoms with E-state index in [1.165, 1.54) is 12.1 Å². The molecular weight excluding hydrogens is 375 g/mol. The first-order chi connectivity index (χ1) is 13.3. The van der Waals surface area contributed by atoms with E-state index in [1.807, 2.05) is 11.6 Å². The van der Waals surface area contributed by atoms with Gasteiger partial charge in [-0.25, -0.2) is 9.78 Å². The number of halogens is 3. The Morgan fingerprint density at radius 3 is 2.68 bits per heavy atom. The van der Waals surface area contributed by atoms with Gasteiger partial charge in [-0.1, -0.05) is 0 Å². The first-order valence-corrected chi connectivity index (χ1v) is 8.88. The zero-order valence-electron chi connectivity index (χ0n) is 15.4. The summed E-state index contributed by atoms with van der Waals surface area (Å²) in [5.41, 5.74) is 1.73. The van der Waals surface area contributed by atoms with Crippen LogP contribution in [-0.4, -0.2) is 41.6 Å². The van der Waals surface area contributed by atoms with Gasteiger partial charge in [0.25, 0.3) is 0 Å². The summed E-state index contributed by atoms with van der Waals surface area (Å²) < 4.78 is 42.4. The van der Waals surface area contributed by atoms with Crippen molar-refractivity contribution in [1.29, 1.82) is 0 Å². The summed E-state index contributed by atoms with van der Waals surface area (Å²) in [6.45, 7) is 2.43. The molecule has 1 atom stereocenters. The first kappa shape index (κ1) is 19.8. The Balaban J connectivity index is 1.41. The fraction of sp³-hybridized carbons (Fsp3) is 0.444. The molecule has 0 spiro atoms. The number of carbonyl (C=O) groups excluding carboxylic acids is 1. The van der Waals surface area contributed by atoms with Gasteiger partial charge in [0.05, 0.1) is 18.6 Å². The van der Waals surface area contributed by atoms with E-state index in [4.69, 9.17) is 0 Å². The number of rotatable bonds is 6. The number of nitrogens with zero attached hydrogens (tertiary/aromatic N) is 3. The van der Waals surface area contributed by atoms with Crippen molar-refractivity contribution in [2.24, 2.45) is 13.0 Å². The molecule has 1 aliphatic heterocycles. The third-order valence-corrected chi connectivity index (χ3v) is 4.62. The summed E-state index contributed by atoms with van der Waals surface area (Å²) in [5, 5.41) is 5.65. The Labute approximate surface area is 160 Å². The number of alkyl halides is 3. The molecule has 0 radical (unpaired) electrons. The Kier molecular flexibility index (Phi) is 5.96.